The molecule has 31 heavy (non-hydrogen) atoms. The molecule has 164 valence electrons. The summed E-state index contributed by atoms with van der Waals surface area (Å²) in [6, 6.07) is 9.21. The Morgan fingerprint density at radius 3 is 2.35 bits per heavy atom. The molecule has 3 rings (SSSR count). The largest absolute Gasteiger partial charge is 0.360 e. The molecule has 0 spiro atoms. The number of pyridine rings is 1. The van der Waals surface area contributed by atoms with E-state index >= 15 is 0 Å². The molecule has 1 fully saturated rings. The molecule has 0 bridgehead atoms. The lowest BCUT2D eigenvalue weighted by atomic mass is 10.0. The zero-order chi connectivity index (χ0) is 22.2. The van der Waals surface area contributed by atoms with Crippen LogP contribution in [0.1, 0.15) is 25.0 Å². The molecule has 0 radical (unpaired) electrons. The van der Waals surface area contributed by atoms with Crippen molar-refractivity contribution >= 4 is 17.3 Å². The van der Waals surface area contributed by atoms with Crippen molar-refractivity contribution in [2.45, 2.75) is 13.8 Å². The minimum absolute atomic E-state index is 0.00180. The van der Waals surface area contributed by atoms with Crippen LogP contribution in [0, 0.1) is 16.6 Å². The maximum Gasteiger partial charge on any atom is 0.242 e. The highest BCUT2D eigenvalue weighted by molar-refractivity contribution is 5.91. The lowest BCUT2D eigenvalue weighted by molar-refractivity contribution is -0.132. The van der Waals surface area contributed by atoms with E-state index in [1.165, 1.54) is 24.3 Å². The van der Waals surface area contributed by atoms with E-state index in [0.29, 0.717) is 30.9 Å². The average Bonchev–Trinajstić information content (AvgIpc) is 2.78. The molecule has 1 N–H and O–H groups in total. The summed E-state index contributed by atoms with van der Waals surface area (Å²) < 4.78 is 13.5. The van der Waals surface area contributed by atoms with Crippen LogP contribution in [0.25, 0.3) is 11.4 Å². The Morgan fingerprint density at radius 1 is 1.13 bits per heavy atom. The predicted molar refractivity (Wildman–Crippen MR) is 119 cm³/mol. The normalized spacial score (nSPS) is 14.9. The number of carbonyl (C=O) groups excluding carboxylic acids is 1. The molecule has 1 saturated heterocycles. The van der Waals surface area contributed by atoms with Crippen LogP contribution >= 0.6 is 0 Å². The van der Waals surface area contributed by atoms with Gasteiger partial charge < -0.3 is 15.1 Å². The number of nitrogens with one attached hydrogen (secondary N) is 1. The number of piperazine rings is 1. The number of hydrogen-bond donors (Lipinski definition) is 1. The minimum Gasteiger partial charge on any atom is -0.360 e. The van der Waals surface area contributed by atoms with Crippen molar-refractivity contribution < 1.29 is 9.18 Å². The van der Waals surface area contributed by atoms with Gasteiger partial charge in [0.1, 0.15) is 11.5 Å². The summed E-state index contributed by atoms with van der Waals surface area (Å²) in [5, 5.41) is 6.57. The summed E-state index contributed by atoms with van der Waals surface area (Å²) in [6.45, 7) is 7.61. The summed E-state index contributed by atoms with van der Waals surface area (Å²) >= 11 is 0. The summed E-state index contributed by atoms with van der Waals surface area (Å²) in [7, 11) is 0. The van der Waals surface area contributed by atoms with Gasteiger partial charge in [-0.3, -0.25) is 9.78 Å². The SMILES string of the molecule is CC(C)CN(CC(=O)N1CCNCC1)/C(=C(\N=O)c1ccc(F)cc1)c1ccncc1. The zero-order valence-electron chi connectivity index (χ0n) is 17.9. The monoisotopic (exact) mass is 425 g/mol. The van der Waals surface area contributed by atoms with E-state index in [1.54, 1.807) is 24.5 Å². The van der Waals surface area contributed by atoms with Gasteiger partial charge in [0.15, 0.2) is 0 Å². The maximum absolute atomic E-state index is 13.5. The molecule has 2 aromatic rings. The van der Waals surface area contributed by atoms with Gasteiger partial charge in [-0.05, 0) is 47.5 Å². The fraction of sp³-hybridized carbons (Fsp3) is 0.391. The highest BCUT2D eigenvalue weighted by Crippen LogP contribution is 2.31. The third-order valence-corrected chi connectivity index (χ3v) is 5.08. The molecule has 2 heterocycles. The third kappa shape index (κ3) is 5.95. The van der Waals surface area contributed by atoms with E-state index < -0.39 is 5.82 Å². The molecule has 0 aliphatic carbocycles. The minimum atomic E-state index is -0.396. The smallest absolute Gasteiger partial charge is 0.242 e. The molecule has 0 saturated carbocycles. The second-order valence-corrected chi connectivity index (χ2v) is 7.94. The van der Waals surface area contributed by atoms with E-state index in [9.17, 15) is 14.1 Å². The first-order valence-corrected chi connectivity index (χ1v) is 10.5. The number of rotatable bonds is 8. The average molecular weight is 426 g/mol. The Morgan fingerprint density at radius 2 is 1.77 bits per heavy atom. The van der Waals surface area contributed by atoms with Crippen LogP contribution < -0.4 is 5.32 Å². The van der Waals surface area contributed by atoms with Crippen molar-refractivity contribution in [3.05, 3.63) is 70.6 Å². The molecule has 1 aliphatic heterocycles. The molecule has 7 nitrogen and oxygen atoms in total. The van der Waals surface area contributed by atoms with Gasteiger partial charge >= 0.3 is 0 Å². The van der Waals surface area contributed by atoms with Crippen molar-refractivity contribution in [3.8, 4) is 0 Å². The predicted octanol–water partition coefficient (Wildman–Crippen LogP) is 3.20. The van der Waals surface area contributed by atoms with Crippen molar-refractivity contribution in [1.29, 1.82) is 0 Å². The quantitative estimate of drug-likeness (QED) is 0.657. The number of nitrogens with zero attached hydrogens (tertiary/aromatic N) is 4. The third-order valence-electron chi connectivity index (χ3n) is 5.08. The van der Waals surface area contributed by atoms with Gasteiger partial charge in [0, 0.05) is 56.2 Å². The number of nitroso groups, excluding NO2 is 1. The topological polar surface area (TPSA) is 77.9 Å². The van der Waals surface area contributed by atoms with Gasteiger partial charge in [0.2, 0.25) is 5.91 Å². The zero-order valence-corrected chi connectivity index (χ0v) is 17.9. The van der Waals surface area contributed by atoms with Gasteiger partial charge in [0.05, 0.1) is 12.2 Å². The standard InChI is InChI=1S/C23H28FN5O2/c1-17(2)15-29(16-21(30)28-13-11-26-12-14-28)23(19-7-9-25-10-8-19)22(27-31)18-3-5-20(24)6-4-18/h3-10,17,26H,11-16H2,1-2H3/b23-22-. The first-order valence-electron chi connectivity index (χ1n) is 10.5. The highest BCUT2D eigenvalue weighted by Gasteiger charge is 2.25. The number of hydrogen-bond acceptors (Lipinski definition) is 6. The Hall–Kier alpha value is -3.13. The van der Waals surface area contributed by atoms with Gasteiger partial charge in [-0.1, -0.05) is 13.8 Å². The Labute approximate surface area is 181 Å². The number of halogens is 1. The van der Waals surface area contributed by atoms with E-state index in [2.05, 4.69) is 29.3 Å². The van der Waals surface area contributed by atoms with Crippen LogP contribution in [-0.2, 0) is 4.79 Å². The first kappa shape index (κ1) is 22.6. The van der Waals surface area contributed by atoms with Crippen LogP contribution in [0.2, 0.25) is 0 Å². The van der Waals surface area contributed by atoms with Gasteiger partial charge in [0.25, 0.3) is 0 Å². The second kappa shape index (κ2) is 10.8. The summed E-state index contributed by atoms with van der Waals surface area (Å²) in [4.78, 5) is 32.9. The Kier molecular flexibility index (Phi) is 7.83. The number of benzene rings is 1. The van der Waals surface area contributed by atoms with Crippen LogP contribution in [0.3, 0.4) is 0 Å². The number of aromatic nitrogens is 1. The molecule has 8 heteroatoms. The van der Waals surface area contributed by atoms with Gasteiger partial charge in [-0.15, -0.1) is 4.91 Å². The maximum atomic E-state index is 13.5. The Balaban J connectivity index is 2.07. The lowest BCUT2D eigenvalue weighted by Gasteiger charge is -2.33. The molecule has 0 unspecified atom stereocenters. The molecule has 1 amide bonds. The van der Waals surface area contributed by atoms with Crippen LogP contribution in [-0.4, -0.2) is 60.0 Å². The summed E-state index contributed by atoms with van der Waals surface area (Å²) in [5.41, 5.74) is 1.93. The van der Waals surface area contributed by atoms with E-state index in [1.807, 2.05) is 9.80 Å². The van der Waals surface area contributed by atoms with Crippen molar-refractivity contribution in [3.63, 3.8) is 0 Å². The van der Waals surface area contributed by atoms with Crippen molar-refractivity contribution in [2.75, 3.05) is 39.3 Å². The molecular formula is C23H28FN5O2. The van der Waals surface area contributed by atoms with E-state index in [-0.39, 0.29) is 24.1 Å². The Bertz CT molecular complexity index is 909. The number of carbonyl (C=O) groups is 1. The van der Waals surface area contributed by atoms with Gasteiger partial charge in [-0.25, -0.2) is 4.39 Å². The van der Waals surface area contributed by atoms with Crippen LogP contribution in [0.4, 0.5) is 4.39 Å². The summed E-state index contributed by atoms with van der Waals surface area (Å²) in [6.07, 6.45) is 3.27. The van der Waals surface area contributed by atoms with Crippen LogP contribution in [0.15, 0.2) is 54.0 Å². The van der Waals surface area contributed by atoms with E-state index in [4.69, 9.17) is 0 Å². The first-order chi connectivity index (χ1) is 15.0. The van der Waals surface area contributed by atoms with E-state index in [0.717, 1.165) is 18.7 Å². The number of amides is 1. The van der Waals surface area contributed by atoms with Crippen molar-refractivity contribution in [2.24, 2.45) is 11.1 Å². The molecular weight excluding hydrogens is 397 g/mol. The van der Waals surface area contributed by atoms with Crippen molar-refractivity contribution in [1.82, 2.24) is 20.1 Å². The molecule has 1 aliphatic rings. The summed E-state index contributed by atoms with van der Waals surface area (Å²) in [5.74, 6) is -0.167. The lowest BCUT2D eigenvalue weighted by Crippen LogP contribution is -2.49. The molecule has 1 aromatic carbocycles. The molecule has 0 atom stereocenters. The fourth-order valence-electron chi connectivity index (χ4n) is 3.67. The van der Waals surface area contributed by atoms with Crippen LogP contribution in [0.5, 0.6) is 0 Å². The van der Waals surface area contributed by atoms with Gasteiger partial charge in [-0.2, -0.15) is 0 Å². The highest BCUT2D eigenvalue weighted by atomic mass is 19.1. The fourth-order valence-corrected chi connectivity index (χ4v) is 3.67. The molecule has 1 aromatic heterocycles. The second-order valence-electron chi connectivity index (χ2n) is 7.94.